The molecule has 0 unspecified atom stereocenters. The largest absolute Gasteiger partial charge is 0.465 e. The maximum atomic E-state index is 13.5. The number of carbonyl (C=O) groups excluding carboxylic acids is 1. The predicted molar refractivity (Wildman–Crippen MR) is 99.7 cm³/mol. The van der Waals surface area contributed by atoms with Gasteiger partial charge in [0, 0.05) is 19.1 Å². The van der Waals surface area contributed by atoms with Gasteiger partial charge in [-0.05, 0) is 31.0 Å². The first-order chi connectivity index (χ1) is 11.9. The lowest BCUT2D eigenvalue weighted by atomic mass is 10.1. The summed E-state index contributed by atoms with van der Waals surface area (Å²) >= 11 is 0. The minimum atomic E-state index is -4.01. The summed E-state index contributed by atoms with van der Waals surface area (Å²) in [5.41, 5.74) is -0.187. The quantitative estimate of drug-likeness (QED) is 0.411. The smallest absolute Gasteiger partial charge is 0.339 e. The SMILES string of the molecule is COC(=O)c1ccc(F)cc1S(=O)(=O)NCCNC1CCCCCC1.Cl. The number of nitrogens with one attached hydrogen (secondary N) is 2. The maximum Gasteiger partial charge on any atom is 0.339 e. The first-order valence-electron chi connectivity index (χ1n) is 8.55. The van der Waals surface area contributed by atoms with Crippen LogP contribution in [-0.4, -0.2) is 40.6 Å². The molecule has 0 aliphatic heterocycles. The van der Waals surface area contributed by atoms with Gasteiger partial charge in [0.15, 0.2) is 0 Å². The first kappa shape index (κ1) is 22.8. The number of hydrogen-bond acceptors (Lipinski definition) is 5. The van der Waals surface area contributed by atoms with Crippen LogP contribution in [0.3, 0.4) is 0 Å². The number of halogens is 2. The highest BCUT2D eigenvalue weighted by Crippen LogP contribution is 2.19. The van der Waals surface area contributed by atoms with Crippen molar-refractivity contribution in [2.75, 3.05) is 20.2 Å². The van der Waals surface area contributed by atoms with E-state index in [2.05, 4.69) is 14.8 Å². The Hall–Kier alpha value is -1.22. The van der Waals surface area contributed by atoms with E-state index in [0.29, 0.717) is 12.6 Å². The second-order valence-corrected chi connectivity index (χ2v) is 7.91. The van der Waals surface area contributed by atoms with Gasteiger partial charge in [-0.2, -0.15) is 0 Å². The van der Waals surface area contributed by atoms with E-state index in [1.807, 2.05) is 0 Å². The first-order valence-corrected chi connectivity index (χ1v) is 10.0. The molecule has 148 valence electrons. The third kappa shape index (κ3) is 6.50. The lowest BCUT2D eigenvalue weighted by Crippen LogP contribution is -2.37. The number of carbonyl (C=O) groups is 1. The zero-order valence-corrected chi connectivity index (χ0v) is 16.4. The Morgan fingerprint density at radius 3 is 2.46 bits per heavy atom. The van der Waals surface area contributed by atoms with Gasteiger partial charge in [0.2, 0.25) is 10.0 Å². The van der Waals surface area contributed by atoms with Crippen molar-refractivity contribution < 1.29 is 22.3 Å². The van der Waals surface area contributed by atoms with Crippen LogP contribution in [0.15, 0.2) is 23.1 Å². The van der Waals surface area contributed by atoms with Crippen molar-refractivity contribution in [2.45, 2.75) is 49.5 Å². The third-order valence-electron chi connectivity index (χ3n) is 4.34. The Kier molecular flexibility index (Phi) is 9.49. The average Bonchev–Trinajstić information content (AvgIpc) is 2.87. The van der Waals surface area contributed by atoms with Gasteiger partial charge < -0.3 is 10.1 Å². The lowest BCUT2D eigenvalue weighted by Gasteiger charge is -2.16. The highest BCUT2D eigenvalue weighted by Gasteiger charge is 2.23. The molecule has 0 spiro atoms. The van der Waals surface area contributed by atoms with E-state index in [0.717, 1.165) is 38.2 Å². The zero-order valence-electron chi connectivity index (χ0n) is 14.8. The molecule has 26 heavy (non-hydrogen) atoms. The van der Waals surface area contributed by atoms with Crippen LogP contribution in [-0.2, 0) is 14.8 Å². The summed E-state index contributed by atoms with van der Waals surface area (Å²) in [5, 5.41) is 3.35. The fraction of sp³-hybridized carbons (Fsp3) is 0.588. The summed E-state index contributed by atoms with van der Waals surface area (Å²) in [5.74, 6) is -1.55. The molecular weight excluding hydrogens is 383 g/mol. The molecule has 2 rings (SSSR count). The van der Waals surface area contributed by atoms with Crippen LogP contribution in [0.1, 0.15) is 48.9 Å². The summed E-state index contributed by atoms with van der Waals surface area (Å²) in [6.07, 6.45) is 7.08. The van der Waals surface area contributed by atoms with Crippen LogP contribution in [0.4, 0.5) is 4.39 Å². The molecule has 1 aromatic rings. The molecule has 0 radical (unpaired) electrons. The third-order valence-corrected chi connectivity index (χ3v) is 5.84. The van der Waals surface area contributed by atoms with Crippen LogP contribution >= 0.6 is 12.4 Å². The van der Waals surface area contributed by atoms with E-state index in [4.69, 9.17) is 0 Å². The van der Waals surface area contributed by atoms with Gasteiger partial charge in [-0.1, -0.05) is 25.7 Å². The van der Waals surface area contributed by atoms with Gasteiger partial charge in [0.1, 0.15) is 5.82 Å². The molecule has 9 heteroatoms. The lowest BCUT2D eigenvalue weighted by molar-refractivity contribution is 0.0596. The number of methoxy groups -OCH3 is 1. The summed E-state index contributed by atoms with van der Waals surface area (Å²) in [6.45, 7) is 0.642. The minimum Gasteiger partial charge on any atom is -0.465 e. The highest BCUT2D eigenvalue weighted by molar-refractivity contribution is 7.89. The van der Waals surface area contributed by atoms with Gasteiger partial charge in [0.05, 0.1) is 17.6 Å². The number of esters is 1. The zero-order chi connectivity index (χ0) is 18.3. The molecule has 1 aromatic carbocycles. The summed E-state index contributed by atoms with van der Waals surface area (Å²) in [4.78, 5) is 11.3. The van der Waals surface area contributed by atoms with Crippen LogP contribution in [0.2, 0.25) is 0 Å². The number of hydrogen-bond donors (Lipinski definition) is 2. The van der Waals surface area contributed by atoms with Gasteiger partial charge in [-0.15, -0.1) is 12.4 Å². The van der Waals surface area contributed by atoms with Gasteiger partial charge >= 0.3 is 5.97 Å². The molecule has 0 bridgehead atoms. The normalized spacial score (nSPS) is 15.8. The van der Waals surface area contributed by atoms with Crippen LogP contribution in [0.25, 0.3) is 0 Å². The summed E-state index contributed by atoms with van der Waals surface area (Å²) < 4.78 is 45.3. The van der Waals surface area contributed by atoms with E-state index >= 15 is 0 Å². The van der Waals surface area contributed by atoms with Crippen LogP contribution in [0, 0.1) is 5.82 Å². The van der Waals surface area contributed by atoms with E-state index in [-0.39, 0.29) is 24.5 Å². The van der Waals surface area contributed by atoms with Gasteiger partial charge in [-0.25, -0.2) is 22.3 Å². The Balaban J connectivity index is 0.00000338. The molecule has 1 aliphatic rings. The number of rotatable bonds is 7. The molecule has 0 aromatic heterocycles. The van der Waals surface area contributed by atoms with Crippen molar-refractivity contribution in [1.29, 1.82) is 0 Å². The number of ether oxygens (including phenoxy) is 1. The molecule has 2 N–H and O–H groups in total. The molecule has 0 heterocycles. The van der Waals surface area contributed by atoms with E-state index in [1.54, 1.807) is 0 Å². The second-order valence-electron chi connectivity index (χ2n) is 6.17. The van der Waals surface area contributed by atoms with E-state index < -0.39 is 26.7 Å². The van der Waals surface area contributed by atoms with Crippen molar-refractivity contribution >= 4 is 28.4 Å². The monoisotopic (exact) mass is 408 g/mol. The van der Waals surface area contributed by atoms with Gasteiger partial charge in [-0.3, -0.25) is 0 Å². The van der Waals surface area contributed by atoms with Crippen LogP contribution < -0.4 is 10.0 Å². The highest BCUT2D eigenvalue weighted by atomic mass is 35.5. The van der Waals surface area contributed by atoms with Crippen molar-refractivity contribution in [1.82, 2.24) is 10.0 Å². The molecule has 1 saturated carbocycles. The molecule has 1 aliphatic carbocycles. The standard InChI is InChI=1S/C17H25FN2O4S.ClH/c1-24-17(21)15-9-8-13(18)12-16(15)25(22,23)20-11-10-19-14-6-4-2-3-5-7-14;/h8-9,12,14,19-20H,2-7,10-11H2,1H3;1H. The fourth-order valence-electron chi connectivity index (χ4n) is 3.02. The van der Waals surface area contributed by atoms with E-state index in [1.165, 1.54) is 25.7 Å². The Morgan fingerprint density at radius 1 is 1.19 bits per heavy atom. The Morgan fingerprint density at radius 2 is 1.85 bits per heavy atom. The fourth-order valence-corrected chi connectivity index (χ4v) is 4.25. The van der Waals surface area contributed by atoms with Crippen molar-refractivity contribution in [2.24, 2.45) is 0 Å². The number of benzene rings is 1. The molecule has 1 fully saturated rings. The van der Waals surface area contributed by atoms with Crippen molar-refractivity contribution in [3.8, 4) is 0 Å². The average molecular weight is 409 g/mol. The molecule has 0 atom stereocenters. The molecular formula is C17H26ClFN2O4S. The Bertz CT molecular complexity index is 692. The summed E-state index contributed by atoms with van der Waals surface area (Å²) in [6, 6.07) is 3.37. The molecule has 0 amide bonds. The van der Waals surface area contributed by atoms with Crippen LogP contribution in [0.5, 0.6) is 0 Å². The predicted octanol–water partition coefficient (Wildman–Crippen LogP) is 2.62. The van der Waals surface area contributed by atoms with E-state index in [9.17, 15) is 17.6 Å². The maximum absolute atomic E-state index is 13.5. The Labute approximate surface area is 160 Å². The van der Waals surface area contributed by atoms with Crippen molar-refractivity contribution in [3.63, 3.8) is 0 Å². The second kappa shape index (κ2) is 10.8. The summed E-state index contributed by atoms with van der Waals surface area (Å²) in [7, 11) is -2.86. The minimum absolute atomic E-state index is 0. The number of sulfonamides is 1. The molecule has 6 nitrogen and oxygen atoms in total. The van der Waals surface area contributed by atoms with Gasteiger partial charge in [0.25, 0.3) is 0 Å². The topological polar surface area (TPSA) is 84.5 Å². The van der Waals surface area contributed by atoms with Crippen molar-refractivity contribution in [3.05, 3.63) is 29.6 Å². The molecule has 0 saturated heterocycles.